The van der Waals surface area contributed by atoms with Gasteiger partial charge in [-0.3, -0.25) is 4.90 Å². The van der Waals surface area contributed by atoms with Gasteiger partial charge in [-0.05, 0) is 37.8 Å². The van der Waals surface area contributed by atoms with E-state index in [-0.39, 0.29) is 23.8 Å². The van der Waals surface area contributed by atoms with Crippen LogP contribution in [0.4, 0.5) is 10.1 Å². The quantitative estimate of drug-likeness (QED) is 0.867. The van der Waals surface area contributed by atoms with Crippen LogP contribution in [0.15, 0.2) is 28.2 Å². The summed E-state index contributed by atoms with van der Waals surface area (Å²) in [5, 5.41) is 0. The Labute approximate surface area is 145 Å². The minimum atomic E-state index is -0.629. The van der Waals surface area contributed by atoms with Gasteiger partial charge in [0.15, 0.2) is 11.6 Å². The van der Waals surface area contributed by atoms with Crippen LogP contribution >= 0.6 is 0 Å². The maximum atomic E-state index is 14.6. The van der Waals surface area contributed by atoms with Crippen LogP contribution in [0.1, 0.15) is 32.1 Å². The number of aliphatic imine (C=N–C) groups is 2. The van der Waals surface area contributed by atoms with Crippen molar-refractivity contribution in [3.8, 4) is 5.75 Å². The summed E-state index contributed by atoms with van der Waals surface area (Å²) >= 11 is 0. The van der Waals surface area contributed by atoms with Crippen molar-refractivity contribution in [2.45, 2.75) is 43.9 Å². The van der Waals surface area contributed by atoms with Crippen molar-refractivity contribution in [2.24, 2.45) is 21.5 Å². The van der Waals surface area contributed by atoms with Gasteiger partial charge in [0, 0.05) is 0 Å². The number of halogens is 1. The molecule has 4 N–H and O–H groups in total. The van der Waals surface area contributed by atoms with E-state index in [9.17, 15) is 4.39 Å². The first-order chi connectivity index (χ1) is 12.1. The highest BCUT2D eigenvalue weighted by atomic mass is 19.1. The monoisotopic (exact) mass is 347 g/mol. The van der Waals surface area contributed by atoms with Gasteiger partial charge >= 0.3 is 0 Å². The summed E-state index contributed by atoms with van der Waals surface area (Å²) in [7, 11) is 0. The molecule has 1 saturated heterocycles. The van der Waals surface area contributed by atoms with Crippen LogP contribution in [0.25, 0.3) is 0 Å². The Bertz CT molecular complexity index is 726. The zero-order valence-electron chi connectivity index (χ0n) is 13.9. The lowest BCUT2D eigenvalue weighted by molar-refractivity contribution is -0.0807. The molecule has 25 heavy (non-hydrogen) atoms. The van der Waals surface area contributed by atoms with Crippen LogP contribution in [0, 0.1) is 5.82 Å². The van der Waals surface area contributed by atoms with Gasteiger partial charge in [0.2, 0.25) is 11.9 Å². The summed E-state index contributed by atoms with van der Waals surface area (Å²) in [5.74, 6) is 0.108. The molecule has 1 spiro atoms. The molecule has 134 valence electrons. The van der Waals surface area contributed by atoms with Gasteiger partial charge in [0.05, 0.1) is 18.9 Å². The molecular formula is C17H22FN5O2. The van der Waals surface area contributed by atoms with Gasteiger partial charge in [-0.1, -0.05) is 12.5 Å². The van der Waals surface area contributed by atoms with E-state index in [4.69, 9.17) is 20.9 Å². The van der Waals surface area contributed by atoms with E-state index < -0.39 is 11.5 Å². The summed E-state index contributed by atoms with van der Waals surface area (Å²) in [5.41, 5.74) is 12.0. The molecule has 0 unspecified atom stereocenters. The predicted molar refractivity (Wildman–Crippen MR) is 93.2 cm³/mol. The second kappa shape index (κ2) is 6.18. The molecule has 1 aromatic carbocycles. The van der Waals surface area contributed by atoms with Gasteiger partial charge in [-0.2, -0.15) is 4.99 Å². The van der Waals surface area contributed by atoms with Crippen molar-refractivity contribution in [1.29, 1.82) is 0 Å². The van der Waals surface area contributed by atoms with E-state index in [0.717, 1.165) is 32.1 Å². The fourth-order valence-corrected chi connectivity index (χ4v) is 3.71. The molecule has 0 atom stereocenters. The fraction of sp³-hybridized carbons (Fsp3) is 0.529. The molecule has 0 amide bonds. The Morgan fingerprint density at radius 3 is 2.64 bits per heavy atom. The summed E-state index contributed by atoms with van der Waals surface area (Å²) in [6.45, 7) is 0.904. The van der Waals surface area contributed by atoms with Gasteiger partial charge in [0.1, 0.15) is 11.8 Å². The summed E-state index contributed by atoms with van der Waals surface area (Å²) < 4.78 is 25.5. The fourth-order valence-electron chi connectivity index (χ4n) is 3.71. The average Bonchev–Trinajstić information content (AvgIpc) is 2.52. The second-order valence-corrected chi connectivity index (χ2v) is 6.68. The molecule has 0 radical (unpaired) electrons. The number of ether oxygens (including phenoxy) is 2. The van der Waals surface area contributed by atoms with Gasteiger partial charge in [-0.25, -0.2) is 9.38 Å². The Hall–Kier alpha value is -2.35. The third-order valence-electron chi connectivity index (χ3n) is 4.93. The molecule has 8 heteroatoms. The van der Waals surface area contributed by atoms with E-state index in [2.05, 4.69) is 9.98 Å². The maximum absolute atomic E-state index is 14.6. The Balaban J connectivity index is 1.78. The molecule has 1 aromatic rings. The Kier molecular flexibility index (Phi) is 3.99. The molecule has 0 bridgehead atoms. The van der Waals surface area contributed by atoms with E-state index in [1.165, 1.54) is 6.07 Å². The number of guanidine groups is 2. The largest absolute Gasteiger partial charge is 0.480 e. The van der Waals surface area contributed by atoms with Crippen LogP contribution < -0.4 is 21.1 Å². The average molecular weight is 347 g/mol. The molecular weight excluding hydrogens is 325 g/mol. The van der Waals surface area contributed by atoms with Crippen molar-refractivity contribution < 1.29 is 13.9 Å². The number of hydrogen-bond donors (Lipinski definition) is 2. The standard InChI is InChI=1S/C17H22FN5O2/c18-12-5-4-6-13(14(12)25-11-9-24-10-11)23-16(20)21-15(19)22-17(23)7-2-1-3-8-17/h4-6,11H,1-3,7-10H2,(H4,19,20,21,22). The van der Waals surface area contributed by atoms with Gasteiger partial charge in [-0.15, -0.1) is 0 Å². The number of nitrogens with zero attached hydrogens (tertiary/aromatic N) is 3. The smallest absolute Gasteiger partial charge is 0.220 e. The Morgan fingerprint density at radius 1 is 1.20 bits per heavy atom. The zero-order chi connectivity index (χ0) is 17.4. The third-order valence-corrected chi connectivity index (χ3v) is 4.93. The SMILES string of the molecule is NC1=NC2(CCCCC2)N(c2cccc(F)c2OC2COC2)C(N)=N1. The number of anilines is 1. The lowest BCUT2D eigenvalue weighted by atomic mass is 9.87. The molecule has 1 saturated carbocycles. The van der Waals surface area contributed by atoms with Crippen LogP contribution in [0.5, 0.6) is 5.75 Å². The van der Waals surface area contributed by atoms with Crippen LogP contribution in [0.2, 0.25) is 0 Å². The third kappa shape index (κ3) is 2.80. The first kappa shape index (κ1) is 16.1. The van der Waals surface area contributed by atoms with Crippen molar-refractivity contribution >= 4 is 17.6 Å². The van der Waals surface area contributed by atoms with Gasteiger partial charge in [0.25, 0.3) is 0 Å². The molecule has 1 aliphatic carbocycles. The zero-order valence-corrected chi connectivity index (χ0v) is 13.9. The molecule has 2 fully saturated rings. The first-order valence-electron chi connectivity index (χ1n) is 8.62. The maximum Gasteiger partial charge on any atom is 0.220 e. The van der Waals surface area contributed by atoms with Crippen molar-refractivity contribution in [1.82, 2.24) is 0 Å². The molecule has 0 aromatic heterocycles. The number of rotatable bonds is 3. The second-order valence-electron chi connectivity index (χ2n) is 6.68. The number of nitrogens with two attached hydrogens (primary N) is 2. The van der Waals surface area contributed by atoms with Crippen molar-refractivity contribution in [3.05, 3.63) is 24.0 Å². The van der Waals surface area contributed by atoms with Crippen molar-refractivity contribution in [2.75, 3.05) is 18.1 Å². The number of para-hydroxylation sites is 1. The van der Waals surface area contributed by atoms with E-state index in [0.29, 0.717) is 18.9 Å². The summed E-state index contributed by atoms with van der Waals surface area (Å²) in [6.07, 6.45) is 4.55. The van der Waals surface area contributed by atoms with E-state index >= 15 is 0 Å². The lowest BCUT2D eigenvalue weighted by Gasteiger charge is -2.46. The normalized spacial score (nSPS) is 23.0. The van der Waals surface area contributed by atoms with Gasteiger partial charge < -0.3 is 20.9 Å². The van der Waals surface area contributed by atoms with Crippen LogP contribution in [-0.2, 0) is 4.74 Å². The molecule has 2 aliphatic heterocycles. The summed E-state index contributed by atoms with van der Waals surface area (Å²) in [4.78, 5) is 10.5. The predicted octanol–water partition coefficient (Wildman–Crippen LogP) is 1.71. The molecule has 3 aliphatic rings. The highest BCUT2D eigenvalue weighted by molar-refractivity contribution is 6.06. The van der Waals surface area contributed by atoms with Crippen molar-refractivity contribution in [3.63, 3.8) is 0 Å². The van der Waals surface area contributed by atoms with E-state index in [1.54, 1.807) is 17.0 Å². The highest BCUT2D eigenvalue weighted by Gasteiger charge is 2.44. The highest BCUT2D eigenvalue weighted by Crippen LogP contribution is 2.43. The molecule has 7 nitrogen and oxygen atoms in total. The van der Waals surface area contributed by atoms with Crippen LogP contribution in [0.3, 0.4) is 0 Å². The first-order valence-corrected chi connectivity index (χ1v) is 8.62. The number of hydrogen-bond acceptors (Lipinski definition) is 7. The van der Waals surface area contributed by atoms with E-state index in [1.807, 2.05) is 0 Å². The Morgan fingerprint density at radius 2 is 1.96 bits per heavy atom. The minimum absolute atomic E-state index is 0.158. The topological polar surface area (TPSA) is 98.5 Å². The molecule has 2 heterocycles. The number of benzene rings is 1. The minimum Gasteiger partial charge on any atom is -0.480 e. The summed E-state index contributed by atoms with van der Waals surface area (Å²) in [6, 6.07) is 4.80. The molecule has 4 rings (SSSR count). The van der Waals surface area contributed by atoms with Crippen LogP contribution in [-0.4, -0.2) is 36.9 Å². The lowest BCUT2D eigenvalue weighted by Crippen LogP contribution is -2.58.